The van der Waals surface area contributed by atoms with E-state index in [1.54, 1.807) is 28.3 Å². The molecule has 0 bridgehead atoms. The third kappa shape index (κ3) is 3.06. The highest BCUT2D eigenvalue weighted by Gasteiger charge is 2.32. The molecule has 1 fully saturated rings. The highest BCUT2D eigenvalue weighted by molar-refractivity contribution is 7.12. The molecule has 0 unspecified atom stereocenters. The van der Waals surface area contributed by atoms with Gasteiger partial charge in [0.2, 0.25) is 5.43 Å². The number of aliphatic hydroxyl groups excluding tert-OH is 1. The third-order valence-corrected chi connectivity index (χ3v) is 6.12. The molecule has 1 saturated heterocycles. The molecular formula is C19H20N4O4S. The van der Waals surface area contributed by atoms with Gasteiger partial charge in [-0.05, 0) is 18.1 Å². The van der Waals surface area contributed by atoms with Crippen LogP contribution in [0.4, 0.5) is 5.82 Å². The quantitative estimate of drug-likeness (QED) is 0.674. The van der Waals surface area contributed by atoms with Crippen LogP contribution in [-0.4, -0.2) is 50.4 Å². The van der Waals surface area contributed by atoms with Crippen LogP contribution in [0.1, 0.15) is 23.7 Å². The van der Waals surface area contributed by atoms with Crippen molar-refractivity contribution in [2.75, 3.05) is 24.6 Å². The Balaban J connectivity index is 1.87. The number of anilines is 1. The molecule has 1 aliphatic rings. The van der Waals surface area contributed by atoms with E-state index in [1.807, 2.05) is 0 Å². The molecule has 146 valence electrons. The molecule has 0 spiro atoms. The number of carbonyl (C=O) groups is 1. The average molecular weight is 400 g/mol. The molecule has 0 aliphatic carbocycles. The molecule has 3 aromatic rings. The fourth-order valence-corrected chi connectivity index (χ4v) is 4.42. The summed E-state index contributed by atoms with van der Waals surface area (Å²) in [4.78, 5) is 35.2. The Labute approximate surface area is 164 Å². The molecule has 2 atom stereocenters. The van der Waals surface area contributed by atoms with Crippen LogP contribution in [0.25, 0.3) is 16.2 Å². The molecule has 4 rings (SSSR count). The van der Waals surface area contributed by atoms with Crippen LogP contribution in [0.3, 0.4) is 0 Å². The van der Waals surface area contributed by atoms with Crippen LogP contribution >= 0.6 is 11.3 Å². The Morgan fingerprint density at radius 2 is 2.11 bits per heavy atom. The maximum Gasteiger partial charge on any atom is 0.341 e. The smallest absolute Gasteiger partial charge is 0.341 e. The number of pyridine rings is 2. The second kappa shape index (κ2) is 7.33. The van der Waals surface area contributed by atoms with E-state index in [9.17, 15) is 19.8 Å². The van der Waals surface area contributed by atoms with Crippen molar-refractivity contribution in [3.05, 3.63) is 45.7 Å². The van der Waals surface area contributed by atoms with E-state index in [0.29, 0.717) is 29.1 Å². The molecular weight excluding hydrogens is 380 g/mol. The first-order valence-corrected chi connectivity index (χ1v) is 9.96. The van der Waals surface area contributed by atoms with Gasteiger partial charge in [0.05, 0.1) is 5.39 Å². The van der Waals surface area contributed by atoms with Crippen molar-refractivity contribution in [1.29, 1.82) is 0 Å². The average Bonchev–Trinajstić information content (AvgIpc) is 3.37. The molecule has 8 nitrogen and oxygen atoms in total. The van der Waals surface area contributed by atoms with Crippen molar-refractivity contribution in [3.8, 4) is 5.13 Å². The van der Waals surface area contributed by atoms with Gasteiger partial charge in [-0.15, -0.1) is 11.3 Å². The second-order valence-electron chi connectivity index (χ2n) is 6.92. The van der Waals surface area contributed by atoms with Crippen LogP contribution in [0.5, 0.6) is 0 Å². The normalized spacial score (nSPS) is 19.4. The Kier molecular flexibility index (Phi) is 4.86. The number of fused-ring (bicyclic) bond motifs is 1. The number of carboxylic acid groups (broad SMARTS) is 1. The lowest BCUT2D eigenvalue weighted by molar-refractivity contribution is 0.0695. The fourth-order valence-electron chi connectivity index (χ4n) is 3.80. The first kappa shape index (κ1) is 18.6. The van der Waals surface area contributed by atoms with E-state index in [4.69, 9.17) is 4.98 Å². The predicted octanol–water partition coefficient (Wildman–Crippen LogP) is 2.00. The van der Waals surface area contributed by atoms with Crippen LogP contribution in [0, 0.1) is 11.8 Å². The number of rotatable bonds is 5. The van der Waals surface area contributed by atoms with Gasteiger partial charge in [-0.25, -0.2) is 14.8 Å². The van der Waals surface area contributed by atoms with E-state index < -0.39 is 11.4 Å². The molecule has 2 N–H and O–H groups in total. The fraction of sp³-hybridized carbons (Fsp3) is 0.368. The zero-order valence-electron chi connectivity index (χ0n) is 15.3. The van der Waals surface area contributed by atoms with Crippen LogP contribution in [-0.2, 0) is 0 Å². The molecule has 0 aromatic carbocycles. The van der Waals surface area contributed by atoms with Gasteiger partial charge in [-0.3, -0.25) is 9.36 Å². The number of aromatic nitrogens is 3. The molecule has 28 heavy (non-hydrogen) atoms. The zero-order chi connectivity index (χ0) is 19.8. The van der Waals surface area contributed by atoms with E-state index in [2.05, 4.69) is 16.8 Å². The first-order chi connectivity index (χ1) is 13.5. The summed E-state index contributed by atoms with van der Waals surface area (Å²) in [6.45, 7) is 3.73. The monoisotopic (exact) mass is 400 g/mol. The number of thiazole rings is 1. The predicted molar refractivity (Wildman–Crippen MR) is 107 cm³/mol. The van der Waals surface area contributed by atoms with Crippen molar-refractivity contribution in [1.82, 2.24) is 14.5 Å². The molecule has 0 amide bonds. The van der Waals surface area contributed by atoms with Crippen molar-refractivity contribution in [2.45, 2.75) is 13.3 Å². The third-order valence-electron chi connectivity index (χ3n) is 5.35. The van der Waals surface area contributed by atoms with Crippen molar-refractivity contribution in [3.63, 3.8) is 0 Å². The summed E-state index contributed by atoms with van der Waals surface area (Å²) in [5.41, 5.74) is -0.497. The Bertz CT molecular complexity index is 1070. The lowest BCUT2D eigenvalue weighted by atomic mass is 9.95. The Hall–Kier alpha value is -2.78. The lowest BCUT2D eigenvalue weighted by Gasteiger charge is -2.18. The number of aliphatic hydroxyl groups is 1. The molecule has 9 heteroatoms. The summed E-state index contributed by atoms with van der Waals surface area (Å²) in [5, 5.41) is 21.6. The number of hydrogen-bond donors (Lipinski definition) is 2. The standard InChI is InChI=1S/C19H20N4O4S/c1-2-11-7-22(8-12(11)10-24)15-4-3-13-16(25)14(18(26)27)9-23(17(13)21-15)19-20-5-6-28-19/h3-6,9,11-12,24H,2,7-8,10H2,1H3,(H,26,27)/t11-,12+/m0/s1. The van der Waals surface area contributed by atoms with Crippen molar-refractivity contribution < 1.29 is 15.0 Å². The lowest BCUT2D eigenvalue weighted by Crippen LogP contribution is -2.23. The molecule has 1 aliphatic heterocycles. The minimum atomic E-state index is -1.28. The first-order valence-electron chi connectivity index (χ1n) is 9.08. The van der Waals surface area contributed by atoms with Gasteiger partial charge in [0.25, 0.3) is 0 Å². The minimum Gasteiger partial charge on any atom is -0.477 e. The second-order valence-corrected chi connectivity index (χ2v) is 7.79. The van der Waals surface area contributed by atoms with Gasteiger partial charge in [0, 0.05) is 43.4 Å². The number of carboxylic acids is 1. The van der Waals surface area contributed by atoms with Crippen molar-refractivity contribution in [2.24, 2.45) is 11.8 Å². The highest BCUT2D eigenvalue weighted by atomic mass is 32.1. The number of nitrogens with zero attached hydrogens (tertiary/aromatic N) is 4. The van der Waals surface area contributed by atoms with Gasteiger partial charge in [0.1, 0.15) is 11.4 Å². The molecule has 3 aromatic heterocycles. The van der Waals surface area contributed by atoms with Crippen LogP contribution < -0.4 is 10.3 Å². The maximum atomic E-state index is 12.6. The van der Waals surface area contributed by atoms with Crippen LogP contribution in [0.2, 0.25) is 0 Å². The van der Waals surface area contributed by atoms with Crippen LogP contribution in [0.15, 0.2) is 34.7 Å². The summed E-state index contributed by atoms with van der Waals surface area (Å²) in [5.74, 6) is 0.00293. The van der Waals surface area contributed by atoms with E-state index >= 15 is 0 Å². The zero-order valence-corrected chi connectivity index (χ0v) is 16.1. The summed E-state index contributed by atoms with van der Waals surface area (Å²) >= 11 is 1.33. The minimum absolute atomic E-state index is 0.133. The summed E-state index contributed by atoms with van der Waals surface area (Å²) in [7, 11) is 0. The molecule has 0 radical (unpaired) electrons. The topological polar surface area (TPSA) is 109 Å². The van der Waals surface area contributed by atoms with E-state index in [0.717, 1.165) is 13.0 Å². The molecule has 0 saturated carbocycles. The van der Waals surface area contributed by atoms with Gasteiger partial charge in [-0.2, -0.15) is 0 Å². The summed E-state index contributed by atoms with van der Waals surface area (Å²) in [6, 6.07) is 3.37. The number of aromatic carboxylic acids is 1. The SMILES string of the molecule is CC[C@H]1CN(c2ccc3c(=O)c(C(=O)O)cn(-c4nccs4)c3n2)C[C@@H]1CO. The van der Waals surface area contributed by atoms with E-state index in [1.165, 1.54) is 17.5 Å². The van der Waals surface area contributed by atoms with Gasteiger partial charge >= 0.3 is 5.97 Å². The maximum absolute atomic E-state index is 12.6. The van der Waals surface area contributed by atoms with E-state index in [-0.39, 0.29) is 23.5 Å². The number of hydrogen-bond acceptors (Lipinski definition) is 7. The van der Waals surface area contributed by atoms with Gasteiger partial charge in [0.15, 0.2) is 10.8 Å². The van der Waals surface area contributed by atoms with Gasteiger partial charge < -0.3 is 15.1 Å². The highest BCUT2D eigenvalue weighted by Crippen LogP contribution is 2.30. The summed E-state index contributed by atoms with van der Waals surface area (Å²) in [6.07, 6.45) is 3.88. The summed E-state index contributed by atoms with van der Waals surface area (Å²) < 4.78 is 1.56. The van der Waals surface area contributed by atoms with Crippen molar-refractivity contribution >= 4 is 34.2 Å². The molecule has 4 heterocycles. The Morgan fingerprint density at radius 1 is 1.32 bits per heavy atom. The van der Waals surface area contributed by atoms with Gasteiger partial charge in [-0.1, -0.05) is 13.3 Å². The largest absolute Gasteiger partial charge is 0.477 e. The Morgan fingerprint density at radius 3 is 2.71 bits per heavy atom.